The van der Waals surface area contributed by atoms with E-state index in [0.717, 1.165) is 6.41 Å². The molecule has 0 aromatic heterocycles. The van der Waals surface area contributed by atoms with Crippen LogP contribution in [0.5, 0.6) is 0 Å². The molecule has 1 amide bonds. The molecule has 0 fully saturated rings. The molecule has 2 heteroatoms. The zero-order valence-electron chi connectivity index (χ0n) is 7.51. The predicted octanol–water partition coefficient (Wildman–Crippen LogP) is 1.68. The van der Waals surface area contributed by atoms with Gasteiger partial charge in [-0.1, -0.05) is 11.6 Å². The van der Waals surface area contributed by atoms with E-state index in [0.29, 0.717) is 0 Å². The van der Waals surface area contributed by atoms with Gasteiger partial charge in [-0.25, -0.2) is 0 Å². The largest absolute Gasteiger partial charge is 0.351 e. The SMILES string of the molecule is CC=C(C)C.CN(C)C=O. The molecule has 0 saturated carbocycles. The Hall–Kier alpha value is -0.790. The average molecular weight is 143 g/mol. The highest BCUT2D eigenvalue weighted by molar-refractivity contribution is 5.45. The van der Waals surface area contributed by atoms with Crippen LogP contribution in [0.2, 0.25) is 0 Å². The lowest BCUT2D eigenvalue weighted by Crippen LogP contribution is -2.06. The maximum atomic E-state index is 9.43. The first-order valence-electron chi connectivity index (χ1n) is 3.25. The fourth-order valence-electron chi connectivity index (χ4n) is 0. The second-order valence-corrected chi connectivity index (χ2v) is 2.44. The quantitative estimate of drug-likeness (QED) is 0.404. The third kappa shape index (κ3) is 27.0. The number of amides is 1. The van der Waals surface area contributed by atoms with Crippen LogP contribution in [0.25, 0.3) is 0 Å². The van der Waals surface area contributed by atoms with Crippen LogP contribution in [0.3, 0.4) is 0 Å². The first-order chi connectivity index (χ1) is 4.54. The summed E-state index contributed by atoms with van der Waals surface area (Å²) in [4.78, 5) is 10.9. The van der Waals surface area contributed by atoms with Crippen molar-refractivity contribution < 1.29 is 4.79 Å². The van der Waals surface area contributed by atoms with E-state index in [1.54, 1.807) is 14.1 Å². The van der Waals surface area contributed by atoms with Gasteiger partial charge in [-0.15, -0.1) is 0 Å². The fourth-order valence-corrected chi connectivity index (χ4v) is 0. The van der Waals surface area contributed by atoms with Crippen LogP contribution >= 0.6 is 0 Å². The normalized spacial score (nSPS) is 6.90. The lowest BCUT2D eigenvalue weighted by atomic mass is 10.3. The summed E-state index contributed by atoms with van der Waals surface area (Å²) in [6.45, 7) is 6.20. The number of carbonyl (C=O) groups excluding carboxylic acids is 1. The van der Waals surface area contributed by atoms with Crippen LogP contribution < -0.4 is 0 Å². The Labute approximate surface area is 63.5 Å². The van der Waals surface area contributed by atoms with E-state index in [4.69, 9.17) is 0 Å². The zero-order valence-corrected chi connectivity index (χ0v) is 7.51. The highest BCUT2D eigenvalue weighted by atomic mass is 16.1. The summed E-state index contributed by atoms with van der Waals surface area (Å²) in [5.74, 6) is 0. The molecule has 0 spiro atoms. The van der Waals surface area contributed by atoms with E-state index in [9.17, 15) is 4.79 Å². The molecule has 0 heterocycles. The summed E-state index contributed by atoms with van der Waals surface area (Å²) >= 11 is 0. The number of rotatable bonds is 1. The van der Waals surface area contributed by atoms with Crippen molar-refractivity contribution in [2.24, 2.45) is 0 Å². The molecule has 0 aliphatic rings. The molecule has 0 saturated heterocycles. The van der Waals surface area contributed by atoms with Gasteiger partial charge in [0, 0.05) is 14.1 Å². The second-order valence-electron chi connectivity index (χ2n) is 2.44. The maximum absolute atomic E-state index is 9.43. The second kappa shape index (κ2) is 8.21. The molecule has 2 nitrogen and oxygen atoms in total. The zero-order chi connectivity index (χ0) is 8.57. The molecule has 0 aliphatic heterocycles. The molecule has 0 aromatic rings. The number of hydrogen-bond acceptors (Lipinski definition) is 1. The van der Waals surface area contributed by atoms with Gasteiger partial charge in [0.2, 0.25) is 6.41 Å². The highest BCUT2D eigenvalue weighted by Gasteiger charge is 1.68. The molecule has 0 N–H and O–H groups in total. The van der Waals surface area contributed by atoms with Gasteiger partial charge in [-0.05, 0) is 20.8 Å². The van der Waals surface area contributed by atoms with Crippen molar-refractivity contribution in [2.75, 3.05) is 14.1 Å². The van der Waals surface area contributed by atoms with E-state index < -0.39 is 0 Å². The smallest absolute Gasteiger partial charge is 0.209 e. The van der Waals surface area contributed by atoms with Gasteiger partial charge in [0.1, 0.15) is 0 Å². The van der Waals surface area contributed by atoms with Crippen LogP contribution in [-0.2, 0) is 4.79 Å². The van der Waals surface area contributed by atoms with Crippen LogP contribution in [0, 0.1) is 0 Å². The first kappa shape index (κ1) is 11.9. The van der Waals surface area contributed by atoms with Crippen LogP contribution in [-0.4, -0.2) is 25.4 Å². The van der Waals surface area contributed by atoms with Gasteiger partial charge in [0.05, 0.1) is 0 Å². The Morgan fingerprint density at radius 1 is 1.30 bits per heavy atom. The van der Waals surface area contributed by atoms with Gasteiger partial charge in [0.15, 0.2) is 0 Å². The minimum Gasteiger partial charge on any atom is -0.351 e. The number of nitrogens with zero attached hydrogens (tertiary/aromatic N) is 1. The number of hydrogen-bond donors (Lipinski definition) is 0. The molecule has 0 bridgehead atoms. The van der Waals surface area contributed by atoms with Gasteiger partial charge in [-0.3, -0.25) is 4.79 Å². The van der Waals surface area contributed by atoms with Crippen molar-refractivity contribution in [1.29, 1.82) is 0 Å². The Morgan fingerprint density at radius 3 is 1.50 bits per heavy atom. The van der Waals surface area contributed by atoms with Crippen molar-refractivity contribution in [3.8, 4) is 0 Å². The summed E-state index contributed by atoms with van der Waals surface area (Å²) in [7, 11) is 3.38. The van der Waals surface area contributed by atoms with Crippen molar-refractivity contribution in [3.05, 3.63) is 11.6 Å². The Bertz CT molecular complexity index is 102. The summed E-state index contributed by atoms with van der Waals surface area (Å²) in [6, 6.07) is 0. The number of allylic oxidation sites excluding steroid dienone is 2. The lowest BCUT2D eigenvalue weighted by molar-refractivity contribution is -0.115. The molecule has 0 aliphatic carbocycles. The molecule has 0 atom stereocenters. The topological polar surface area (TPSA) is 20.3 Å². The van der Waals surface area contributed by atoms with Crippen LogP contribution in [0.1, 0.15) is 20.8 Å². The molecular weight excluding hydrogens is 126 g/mol. The molecule has 10 heavy (non-hydrogen) atoms. The summed E-state index contributed by atoms with van der Waals surface area (Å²) in [6.07, 6.45) is 2.83. The van der Waals surface area contributed by atoms with E-state index in [-0.39, 0.29) is 0 Å². The molecule has 0 aromatic carbocycles. The van der Waals surface area contributed by atoms with Gasteiger partial charge >= 0.3 is 0 Å². The predicted molar refractivity (Wildman–Crippen MR) is 44.9 cm³/mol. The van der Waals surface area contributed by atoms with Crippen LogP contribution in [0.15, 0.2) is 11.6 Å². The number of carbonyl (C=O) groups is 1. The molecule has 0 radical (unpaired) electrons. The third-order valence-corrected chi connectivity index (χ3v) is 0.788. The molecule has 60 valence electrons. The Kier molecular flexibility index (Phi) is 9.80. The first-order valence-corrected chi connectivity index (χ1v) is 3.25. The minimum absolute atomic E-state index is 0.750. The van der Waals surface area contributed by atoms with Gasteiger partial charge in [-0.2, -0.15) is 0 Å². The van der Waals surface area contributed by atoms with E-state index in [1.807, 2.05) is 6.92 Å². The average Bonchev–Trinajstić information content (AvgIpc) is 1.89. The van der Waals surface area contributed by atoms with Crippen molar-refractivity contribution in [3.63, 3.8) is 0 Å². The third-order valence-electron chi connectivity index (χ3n) is 0.788. The Morgan fingerprint density at radius 2 is 1.50 bits per heavy atom. The lowest BCUT2D eigenvalue weighted by Gasteiger charge is -1.93. The molecular formula is C8H17NO. The standard InChI is InChI=1S/C5H10.C3H7NO/c1-4-5(2)3;1-4(2)3-5/h4H,1-3H3;3H,1-2H3. The van der Waals surface area contributed by atoms with Crippen molar-refractivity contribution in [2.45, 2.75) is 20.8 Å². The minimum atomic E-state index is 0.750. The van der Waals surface area contributed by atoms with Gasteiger partial charge < -0.3 is 4.90 Å². The summed E-state index contributed by atoms with van der Waals surface area (Å²) < 4.78 is 0. The molecule has 0 rings (SSSR count). The monoisotopic (exact) mass is 143 g/mol. The summed E-state index contributed by atoms with van der Waals surface area (Å²) in [5, 5.41) is 0. The van der Waals surface area contributed by atoms with E-state index >= 15 is 0 Å². The fraction of sp³-hybridized carbons (Fsp3) is 0.625. The van der Waals surface area contributed by atoms with E-state index in [1.165, 1.54) is 10.5 Å². The van der Waals surface area contributed by atoms with Crippen molar-refractivity contribution >= 4 is 6.41 Å². The van der Waals surface area contributed by atoms with Gasteiger partial charge in [0.25, 0.3) is 0 Å². The molecule has 0 unspecified atom stereocenters. The maximum Gasteiger partial charge on any atom is 0.209 e. The van der Waals surface area contributed by atoms with Crippen molar-refractivity contribution in [1.82, 2.24) is 4.90 Å². The summed E-state index contributed by atoms with van der Waals surface area (Å²) in [5.41, 5.74) is 1.38. The van der Waals surface area contributed by atoms with E-state index in [2.05, 4.69) is 19.9 Å². The van der Waals surface area contributed by atoms with Crippen LogP contribution in [0.4, 0.5) is 0 Å². The Balaban J connectivity index is 0. The highest BCUT2D eigenvalue weighted by Crippen LogP contribution is 1.82.